The molecule has 13 heavy (non-hydrogen) atoms. The maximum absolute atomic E-state index is 5.88. The molecule has 0 aliphatic carbocycles. The van der Waals surface area contributed by atoms with Gasteiger partial charge in [0.25, 0.3) is 0 Å². The van der Waals surface area contributed by atoms with Gasteiger partial charge < -0.3 is 10.1 Å². The van der Waals surface area contributed by atoms with Gasteiger partial charge >= 0.3 is 0 Å². The first kappa shape index (κ1) is 10.6. The molecule has 0 aromatic carbocycles. The summed E-state index contributed by atoms with van der Waals surface area (Å²) in [5.41, 5.74) is 2.49. The minimum Gasteiger partial charge on any atom is -0.384 e. The van der Waals surface area contributed by atoms with Gasteiger partial charge in [-0.1, -0.05) is 19.4 Å². The Morgan fingerprint density at radius 2 is 2.08 bits per heavy atom. The quantitative estimate of drug-likeness (QED) is 0.673. The maximum atomic E-state index is 5.88. The van der Waals surface area contributed by atoms with Crippen molar-refractivity contribution in [2.24, 2.45) is 5.92 Å². The van der Waals surface area contributed by atoms with E-state index < -0.39 is 0 Å². The van der Waals surface area contributed by atoms with E-state index in [1.165, 1.54) is 11.3 Å². The summed E-state index contributed by atoms with van der Waals surface area (Å²) in [4.78, 5) is 0. The molecule has 1 fully saturated rings. The van der Waals surface area contributed by atoms with Crippen LogP contribution in [0.4, 0.5) is 0 Å². The Hall–Kier alpha value is -0.500. The fraction of sp³-hybridized carbons (Fsp3) is 0.818. The lowest BCUT2D eigenvalue weighted by atomic mass is 9.86. The molecule has 0 spiro atoms. The second-order valence-corrected chi connectivity index (χ2v) is 4.41. The summed E-state index contributed by atoms with van der Waals surface area (Å²) in [5.74, 6) is 0.505. The highest BCUT2D eigenvalue weighted by Gasteiger charge is 2.36. The molecule has 1 heterocycles. The van der Waals surface area contributed by atoms with Gasteiger partial charge in [-0.3, -0.25) is 0 Å². The summed E-state index contributed by atoms with van der Waals surface area (Å²) in [6.45, 7) is 12.6. The Balaban J connectivity index is 2.98. The van der Waals surface area contributed by atoms with Crippen LogP contribution in [0.2, 0.25) is 0 Å². The SMILES string of the molecule is CC(C)=C1NCCOC1(C)C(C)C. The van der Waals surface area contributed by atoms with Gasteiger partial charge in [0.2, 0.25) is 0 Å². The number of hydrogen-bond acceptors (Lipinski definition) is 2. The minimum atomic E-state index is -0.114. The van der Waals surface area contributed by atoms with E-state index in [2.05, 4.69) is 39.9 Å². The van der Waals surface area contributed by atoms with Gasteiger partial charge in [-0.15, -0.1) is 0 Å². The molecule has 0 aromatic heterocycles. The first-order valence-electron chi connectivity index (χ1n) is 5.04. The van der Waals surface area contributed by atoms with Gasteiger partial charge in [-0.05, 0) is 26.7 Å². The number of allylic oxidation sites excluding steroid dienone is 1. The molecule has 1 N–H and O–H groups in total. The van der Waals surface area contributed by atoms with E-state index in [1.54, 1.807) is 0 Å². The van der Waals surface area contributed by atoms with Crippen molar-refractivity contribution in [3.63, 3.8) is 0 Å². The van der Waals surface area contributed by atoms with Gasteiger partial charge in [0.15, 0.2) is 0 Å². The van der Waals surface area contributed by atoms with Crippen LogP contribution in [0.1, 0.15) is 34.6 Å². The van der Waals surface area contributed by atoms with Crippen LogP contribution in [-0.2, 0) is 4.74 Å². The second-order valence-electron chi connectivity index (χ2n) is 4.41. The van der Waals surface area contributed by atoms with Crippen LogP contribution in [0.5, 0.6) is 0 Å². The highest BCUT2D eigenvalue weighted by Crippen LogP contribution is 2.32. The van der Waals surface area contributed by atoms with Crippen molar-refractivity contribution < 1.29 is 4.74 Å². The van der Waals surface area contributed by atoms with Gasteiger partial charge in [-0.25, -0.2) is 0 Å². The molecule has 0 saturated carbocycles. The maximum Gasteiger partial charge on any atom is 0.107 e. The Labute approximate surface area is 81.4 Å². The molecule has 0 radical (unpaired) electrons. The number of ether oxygens (including phenoxy) is 1. The van der Waals surface area contributed by atoms with E-state index in [-0.39, 0.29) is 5.60 Å². The van der Waals surface area contributed by atoms with E-state index >= 15 is 0 Å². The number of rotatable bonds is 1. The summed E-state index contributed by atoms with van der Waals surface area (Å²) in [7, 11) is 0. The smallest absolute Gasteiger partial charge is 0.107 e. The topological polar surface area (TPSA) is 21.3 Å². The molecular weight excluding hydrogens is 162 g/mol. The van der Waals surface area contributed by atoms with Crippen molar-refractivity contribution >= 4 is 0 Å². The third-order valence-electron chi connectivity index (χ3n) is 2.90. The third-order valence-corrected chi connectivity index (χ3v) is 2.90. The second kappa shape index (κ2) is 3.70. The highest BCUT2D eigenvalue weighted by molar-refractivity contribution is 5.21. The summed E-state index contributed by atoms with van der Waals surface area (Å²) in [6, 6.07) is 0. The van der Waals surface area contributed by atoms with Crippen molar-refractivity contribution in [1.29, 1.82) is 0 Å². The van der Waals surface area contributed by atoms with Crippen LogP contribution < -0.4 is 5.32 Å². The van der Waals surface area contributed by atoms with Crippen LogP contribution >= 0.6 is 0 Å². The highest BCUT2D eigenvalue weighted by atomic mass is 16.5. The van der Waals surface area contributed by atoms with Crippen molar-refractivity contribution in [3.05, 3.63) is 11.3 Å². The average molecular weight is 183 g/mol. The molecule has 0 bridgehead atoms. The van der Waals surface area contributed by atoms with Crippen molar-refractivity contribution in [3.8, 4) is 0 Å². The molecule has 2 nitrogen and oxygen atoms in total. The number of nitrogens with one attached hydrogen (secondary N) is 1. The molecule has 76 valence electrons. The predicted octanol–water partition coefficient (Wildman–Crippen LogP) is 2.31. The fourth-order valence-corrected chi connectivity index (χ4v) is 1.82. The monoisotopic (exact) mass is 183 g/mol. The molecule has 1 atom stereocenters. The van der Waals surface area contributed by atoms with Crippen LogP contribution in [-0.4, -0.2) is 18.8 Å². The molecule has 0 aromatic rings. The normalized spacial score (nSPS) is 28.9. The molecule has 1 aliphatic heterocycles. The van der Waals surface area contributed by atoms with E-state index in [4.69, 9.17) is 4.74 Å². The Bertz CT molecular complexity index is 216. The summed E-state index contributed by atoms with van der Waals surface area (Å²) in [6.07, 6.45) is 0. The summed E-state index contributed by atoms with van der Waals surface area (Å²) in [5, 5.41) is 3.45. The minimum absolute atomic E-state index is 0.114. The summed E-state index contributed by atoms with van der Waals surface area (Å²) < 4.78 is 5.88. The zero-order valence-corrected chi connectivity index (χ0v) is 9.40. The Morgan fingerprint density at radius 1 is 1.46 bits per heavy atom. The van der Waals surface area contributed by atoms with Crippen molar-refractivity contribution in [2.45, 2.75) is 40.2 Å². The average Bonchev–Trinajstić information content (AvgIpc) is 2.04. The zero-order chi connectivity index (χ0) is 10.1. The van der Waals surface area contributed by atoms with Crippen LogP contribution in [0.3, 0.4) is 0 Å². The van der Waals surface area contributed by atoms with Gasteiger partial charge in [0.1, 0.15) is 5.60 Å². The zero-order valence-electron chi connectivity index (χ0n) is 9.40. The number of hydrogen-bond donors (Lipinski definition) is 1. The van der Waals surface area contributed by atoms with Gasteiger partial charge in [-0.2, -0.15) is 0 Å². The Morgan fingerprint density at radius 3 is 2.46 bits per heavy atom. The first-order chi connectivity index (χ1) is 5.98. The van der Waals surface area contributed by atoms with Crippen molar-refractivity contribution in [1.82, 2.24) is 5.32 Å². The molecule has 0 amide bonds. The lowest BCUT2D eigenvalue weighted by molar-refractivity contribution is -0.0572. The molecule has 2 heteroatoms. The predicted molar refractivity (Wildman–Crippen MR) is 55.6 cm³/mol. The lowest BCUT2D eigenvalue weighted by Crippen LogP contribution is -2.49. The first-order valence-corrected chi connectivity index (χ1v) is 5.04. The molecule has 1 saturated heterocycles. The standard InChI is InChI=1S/C11H21NO/c1-8(2)10-11(5,9(3)4)13-7-6-12-10/h9,12H,6-7H2,1-5H3. The number of morpholine rings is 1. The van der Waals surface area contributed by atoms with Crippen LogP contribution in [0.25, 0.3) is 0 Å². The van der Waals surface area contributed by atoms with E-state index in [9.17, 15) is 0 Å². The van der Waals surface area contributed by atoms with E-state index in [0.29, 0.717) is 5.92 Å². The van der Waals surface area contributed by atoms with Crippen LogP contribution in [0, 0.1) is 5.92 Å². The van der Waals surface area contributed by atoms with E-state index in [0.717, 1.165) is 13.2 Å². The molecule has 1 unspecified atom stereocenters. The van der Waals surface area contributed by atoms with Gasteiger partial charge in [0, 0.05) is 12.2 Å². The van der Waals surface area contributed by atoms with Crippen LogP contribution in [0.15, 0.2) is 11.3 Å². The van der Waals surface area contributed by atoms with Gasteiger partial charge in [0.05, 0.1) is 6.61 Å². The Kier molecular flexibility index (Phi) is 3.01. The molecule has 1 rings (SSSR count). The molecular formula is C11H21NO. The fourth-order valence-electron chi connectivity index (χ4n) is 1.82. The lowest BCUT2D eigenvalue weighted by Gasteiger charge is -2.41. The largest absolute Gasteiger partial charge is 0.384 e. The van der Waals surface area contributed by atoms with E-state index in [1.807, 2.05) is 0 Å². The molecule has 1 aliphatic rings. The van der Waals surface area contributed by atoms with Crippen molar-refractivity contribution in [2.75, 3.05) is 13.2 Å². The third kappa shape index (κ3) is 1.88. The summed E-state index contributed by atoms with van der Waals surface area (Å²) >= 11 is 0.